The summed E-state index contributed by atoms with van der Waals surface area (Å²) in [4.78, 5) is 24.2. The van der Waals surface area contributed by atoms with Crippen molar-refractivity contribution in [1.29, 1.82) is 0 Å². The molecule has 26 heavy (non-hydrogen) atoms. The maximum absolute atomic E-state index is 12.5. The number of aromatic carboxylic acids is 1. The van der Waals surface area contributed by atoms with Crippen LogP contribution in [0.2, 0.25) is 10.0 Å². The minimum Gasteiger partial charge on any atom is -0.478 e. The minimum atomic E-state index is -1.06. The van der Waals surface area contributed by atoms with Crippen molar-refractivity contribution in [2.24, 2.45) is 0 Å². The van der Waals surface area contributed by atoms with E-state index in [-0.39, 0.29) is 32.7 Å². The Morgan fingerprint density at radius 1 is 1.00 bits per heavy atom. The molecule has 6 heteroatoms. The molecule has 4 nitrogen and oxygen atoms in total. The van der Waals surface area contributed by atoms with Crippen molar-refractivity contribution in [1.82, 2.24) is 0 Å². The molecule has 0 saturated heterocycles. The molecule has 1 heterocycles. The van der Waals surface area contributed by atoms with E-state index in [1.807, 2.05) is 0 Å². The summed E-state index contributed by atoms with van der Waals surface area (Å²) >= 11 is 12.1. The lowest BCUT2D eigenvalue weighted by Gasteiger charge is -2.10. The number of carboxylic acids is 1. The van der Waals surface area contributed by atoms with Gasteiger partial charge in [-0.2, -0.15) is 0 Å². The second kappa shape index (κ2) is 6.16. The average molecular weight is 385 g/mol. The minimum absolute atomic E-state index is 0.128. The predicted molar refractivity (Wildman–Crippen MR) is 102 cm³/mol. The Balaban J connectivity index is 2.11. The van der Waals surface area contributed by atoms with E-state index in [1.165, 1.54) is 24.3 Å². The van der Waals surface area contributed by atoms with Crippen LogP contribution in [-0.4, -0.2) is 11.1 Å². The fourth-order valence-electron chi connectivity index (χ4n) is 3.04. The quantitative estimate of drug-likeness (QED) is 0.487. The molecule has 0 aliphatic rings. The monoisotopic (exact) mass is 384 g/mol. The zero-order valence-corrected chi connectivity index (χ0v) is 14.6. The SMILES string of the molecule is O=C(O)c1cccc2cccc(-c3cc(=O)c4cc(Cl)cc(Cl)c4o3)c12. The molecule has 0 fully saturated rings. The van der Waals surface area contributed by atoms with Crippen LogP contribution in [0.15, 0.2) is 63.8 Å². The second-order valence-corrected chi connectivity index (χ2v) is 6.60. The highest BCUT2D eigenvalue weighted by Crippen LogP contribution is 2.34. The zero-order valence-electron chi connectivity index (χ0n) is 13.1. The molecule has 0 amide bonds. The van der Waals surface area contributed by atoms with Crippen molar-refractivity contribution in [2.45, 2.75) is 0 Å². The van der Waals surface area contributed by atoms with E-state index in [1.54, 1.807) is 30.3 Å². The van der Waals surface area contributed by atoms with E-state index in [0.717, 1.165) is 5.39 Å². The first-order chi connectivity index (χ1) is 12.5. The second-order valence-electron chi connectivity index (χ2n) is 5.75. The third kappa shape index (κ3) is 2.64. The van der Waals surface area contributed by atoms with Gasteiger partial charge in [0, 0.05) is 22.0 Å². The van der Waals surface area contributed by atoms with E-state index in [9.17, 15) is 14.7 Å². The summed E-state index contributed by atoms with van der Waals surface area (Å²) in [5.41, 5.74) is 0.535. The normalized spacial score (nSPS) is 11.2. The average Bonchev–Trinajstić information content (AvgIpc) is 2.61. The van der Waals surface area contributed by atoms with Crippen LogP contribution in [-0.2, 0) is 0 Å². The van der Waals surface area contributed by atoms with Gasteiger partial charge in [0.2, 0.25) is 0 Å². The first-order valence-corrected chi connectivity index (χ1v) is 8.39. The molecular formula is C20H10Cl2O4. The van der Waals surface area contributed by atoms with Crippen molar-refractivity contribution in [3.63, 3.8) is 0 Å². The highest BCUT2D eigenvalue weighted by Gasteiger charge is 2.17. The molecule has 0 unspecified atom stereocenters. The van der Waals surface area contributed by atoms with E-state index in [0.29, 0.717) is 16.0 Å². The summed E-state index contributed by atoms with van der Waals surface area (Å²) in [5.74, 6) is -0.818. The molecule has 0 radical (unpaired) electrons. The maximum atomic E-state index is 12.5. The summed E-state index contributed by atoms with van der Waals surface area (Å²) in [6, 6.07) is 14.6. The molecule has 4 aromatic rings. The smallest absolute Gasteiger partial charge is 0.336 e. The number of hydrogen-bond donors (Lipinski definition) is 1. The zero-order chi connectivity index (χ0) is 18.4. The Morgan fingerprint density at radius 2 is 1.73 bits per heavy atom. The van der Waals surface area contributed by atoms with Crippen molar-refractivity contribution in [2.75, 3.05) is 0 Å². The lowest BCUT2D eigenvalue weighted by Crippen LogP contribution is -2.02. The van der Waals surface area contributed by atoms with Gasteiger partial charge in [-0.25, -0.2) is 4.79 Å². The Hall–Kier alpha value is -2.82. The molecule has 1 N–H and O–H groups in total. The maximum Gasteiger partial charge on any atom is 0.336 e. The Bertz CT molecular complexity index is 1250. The topological polar surface area (TPSA) is 67.5 Å². The van der Waals surface area contributed by atoms with E-state index in [2.05, 4.69) is 0 Å². The fourth-order valence-corrected chi connectivity index (χ4v) is 3.57. The molecule has 4 rings (SSSR count). The summed E-state index contributed by atoms with van der Waals surface area (Å²) in [5, 5.41) is 11.6. The number of halogens is 2. The first-order valence-electron chi connectivity index (χ1n) is 7.64. The number of benzene rings is 3. The van der Waals surface area contributed by atoms with Crippen molar-refractivity contribution < 1.29 is 14.3 Å². The third-order valence-corrected chi connectivity index (χ3v) is 4.65. The summed E-state index contributed by atoms with van der Waals surface area (Å²) in [6.45, 7) is 0. The van der Waals surface area contributed by atoms with Gasteiger partial charge in [-0.05, 0) is 23.6 Å². The van der Waals surface area contributed by atoms with Gasteiger partial charge in [0.05, 0.1) is 16.0 Å². The van der Waals surface area contributed by atoms with E-state index in [4.69, 9.17) is 27.6 Å². The van der Waals surface area contributed by atoms with Crippen molar-refractivity contribution in [3.05, 3.63) is 80.4 Å². The summed E-state index contributed by atoms with van der Waals surface area (Å²) in [6.07, 6.45) is 0. The van der Waals surface area contributed by atoms with Gasteiger partial charge < -0.3 is 9.52 Å². The molecule has 0 atom stereocenters. The molecule has 128 valence electrons. The van der Waals surface area contributed by atoms with Crippen LogP contribution in [0.4, 0.5) is 0 Å². The molecule has 0 aliphatic heterocycles. The Morgan fingerprint density at radius 3 is 2.46 bits per heavy atom. The molecule has 0 spiro atoms. The fraction of sp³-hybridized carbons (Fsp3) is 0. The van der Waals surface area contributed by atoms with Gasteiger partial charge in [0.15, 0.2) is 11.0 Å². The highest BCUT2D eigenvalue weighted by molar-refractivity contribution is 6.38. The number of carbonyl (C=O) groups is 1. The number of fused-ring (bicyclic) bond motifs is 2. The number of carboxylic acid groups (broad SMARTS) is 1. The molecule has 3 aromatic carbocycles. The van der Waals surface area contributed by atoms with Crippen LogP contribution in [0.25, 0.3) is 33.1 Å². The molecular weight excluding hydrogens is 375 g/mol. The van der Waals surface area contributed by atoms with Crippen LogP contribution in [0.1, 0.15) is 10.4 Å². The van der Waals surface area contributed by atoms with Gasteiger partial charge in [-0.1, -0.05) is 53.5 Å². The van der Waals surface area contributed by atoms with Crippen LogP contribution < -0.4 is 5.43 Å². The van der Waals surface area contributed by atoms with Crippen LogP contribution in [0.5, 0.6) is 0 Å². The summed E-state index contributed by atoms with van der Waals surface area (Å²) < 4.78 is 5.87. The van der Waals surface area contributed by atoms with Gasteiger partial charge in [0.1, 0.15) is 5.76 Å². The lowest BCUT2D eigenvalue weighted by atomic mass is 9.97. The van der Waals surface area contributed by atoms with Crippen molar-refractivity contribution in [3.8, 4) is 11.3 Å². The lowest BCUT2D eigenvalue weighted by molar-refractivity contribution is 0.0699. The van der Waals surface area contributed by atoms with Crippen LogP contribution in [0.3, 0.4) is 0 Å². The standard InChI is InChI=1S/C20H10Cl2O4/c21-11-7-14-16(23)9-17(26-19(14)15(22)8-11)12-5-1-3-10-4-2-6-13(18(10)12)20(24)25/h1-9H,(H,24,25). The highest BCUT2D eigenvalue weighted by atomic mass is 35.5. The molecule has 0 bridgehead atoms. The van der Waals surface area contributed by atoms with Crippen LogP contribution in [0, 0.1) is 0 Å². The van der Waals surface area contributed by atoms with Gasteiger partial charge in [-0.3, -0.25) is 4.79 Å². The summed E-state index contributed by atoms with van der Waals surface area (Å²) in [7, 11) is 0. The van der Waals surface area contributed by atoms with Gasteiger partial charge in [-0.15, -0.1) is 0 Å². The first kappa shape index (κ1) is 16.6. The Labute approximate surface area is 157 Å². The Kier molecular flexibility index (Phi) is 3.94. The van der Waals surface area contributed by atoms with Crippen molar-refractivity contribution >= 4 is 50.9 Å². The van der Waals surface area contributed by atoms with E-state index < -0.39 is 5.97 Å². The third-order valence-electron chi connectivity index (χ3n) is 4.15. The van der Waals surface area contributed by atoms with Gasteiger partial charge in [0.25, 0.3) is 0 Å². The van der Waals surface area contributed by atoms with Crippen LogP contribution >= 0.6 is 23.2 Å². The largest absolute Gasteiger partial charge is 0.478 e. The number of rotatable bonds is 2. The predicted octanol–water partition coefficient (Wildman–Crippen LogP) is 5.62. The number of hydrogen-bond acceptors (Lipinski definition) is 3. The molecule has 1 aromatic heterocycles. The van der Waals surface area contributed by atoms with E-state index >= 15 is 0 Å². The molecule has 0 aliphatic carbocycles. The molecule has 0 saturated carbocycles. The van der Waals surface area contributed by atoms with Gasteiger partial charge >= 0.3 is 5.97 Å².